The highest BCUT2D eigenvalue weighted by molar-refractivity contribution is 9.10. The summed E-state index contributed by atoms with van der Waals surface area (Å²) in [6.07, 6.45) is 8.54. The lowest BCUT2D eigenvalue weighted by molar-refractivity contribution is -0.126. The molecule has 25 heavy (non-hydrogen) atoms. The molecule has 1 aliphatic heterocycles. The zero-order valence-electron chi connectivity index (χ0n) is 14.4. The number of amides is 1. The van der Waals surface area contributed by atoms with Crippen LogP contribution in [0.25, 0.3) is 0 Å². The minimum atomic E-state index is 0.109. The predicted molar refractivity (Wildman–Crippen MR) is 102 cm³/mol. The van der Waals surface area contributed by atoms with Crippen molar-refractivity contribution in [3.8, 4) is 0 Å². The van der Waals surface area contributed by atoms with E-state index in [4.69, 9.17) is 0 Å². The molecule has 0 aliphatic carbocycles. The molecule has 1 saturated heterocycles. The molecule has 1 aromatic carbocycles. The summed E-state index contributed by atoms with van der Waals surface area (Å²) in [5.74, 6) is 0.309. The lowest BCUT2D eigenvalue weighted by Crippen LogP contribution is -2.43. The van der Waals surface area contributed by atoms with Gasteiger partial charge in [-0.15, -0.1) is 0 Å². The van der Waals surface area contributed by atoms with Gasteiger partial charge in [0, 0.05) is 43.0 Å². The number of aromatic nitrogens is 2. The first-order valence-electron chi connectivity index (χ1n) is 8.91. The smallest absolute Gasteiger partial charge is 0.224 e. The number of likely N-dealkylation sites (tertiary alicyclic amines) is 1. The van der Waals surface area contributed by atoms with E-state index < -0.39 is 0 Å². The maximum Gasteiger partial charge on any atom is 0.224 e. The zero-order valence-corrected chi connectivity index (χ0v) is 16.0. The van der Waals surface area contributed by atoms with E-state index >= 15 is 0 Å². The number of imidazole rings is 1. The Labute approximate surface area is 157 Å². The largest absolute Gasteiger partial charge is 0.356 e. The summed E-state index contributed by atoms with van der Waals surface area (Å²) in [4.78, 5) is 18.9. The van der Waals surface area contributed by atoms with E-state index in [9.17, 15) is 4.79 Å². The van der Waals surface area contributed by atoms with Gasteiger partial charge in [0.2, 0.25) is 5.91 Å². The van der Waals surface area contributed by atoms with E-state index in [-0.39, 0.29) is 11.8 Å². The summed E-state index contributed by atoms with van der Waals surface area (Å²) in [5.41, 5.74) is 1.30. The van der Waals surface area contributed by atoms with Crippen molar-refractivity contribution < 1.29 is 4.79 Å². The van der Waals surface area contributed by atoms with Crippen molar-refractivity contribution in [2.45, 2.75) is 32.4 Å². The third kappa shape index (κ3) is 5.68. The van der Waals surface area contributed by atoms with E-state index in [2.05, 4.69) is 55.4 Å². The molecular formula is C19H25BrN4O. The molecule has 0 saturated carbocycles. The van der Waals surface area contributed by atoms with E-state index in [0.717, 1.165) is 56.5 Å². The number of benzene rings is 1. The van der Waals surface area contributed by atoms with Crippen LogP contribution in [-0.4, -0.2) is 40.0 Å². The first-order valence-corrected chi connectivity index (χ1v) is 9.70. The van der Waals surface area contributed by atoms with Gasteiger partial charge in [0.05, 0.1) is 12.2 Å². The van der Waals surface area contributed by atoms with Crippen molar-refractivity contribution in [3.05, 3.63) is 53.0 Å². The molecule has 2 heterocycles. The van der Waals surface area contributed by atoms with Crippen molar-refractivity contribution >= 4 is 21.8 Å². The van der Waals surface area contributed by atoms with E-state index in [1.165, 1.54) is 5.56 Å². The average Bonchev–Trinajstić information content (AvgIpc) is 3.14. The van der Waals surface area contributed by atoms with Gasteiger partial charge in [0.1, 0.15) is 0 Å². The zero-order chi connectivity index (χ0) is 17.5. The lowest BCUT2D eigenvalue weighted by atomic mass is 9.96. The third-order valence-corrected chi connectivity index (χ3v) is 5.18. The van der Waals surface area contributed by atoms with Gasteiger partial charge in [-0.3, -0.25) is 9.69 Å². The molecule has 0 spiro atoms. The summed E-state index contributed by atoms with van der Waals surface area (Å²) in [5, 5.41) is 3.10. The molecule has 5 nitrogen and oxygen atoms in total. The fraction of sp³-hybridized carbons (Fsp3) is 0.474. The Bertz CT molecular complexity index is 657. The summed E-state index contributed by atoms with van der Waals surface area (Å²) in [7, 11) is 0. The molecule has 6 heteroatoms. The van der Waals surface area contributed by atoms with Gasteiger partial charge in [-0.25, -0.2) is 4.98 Å². The van der Waals surface area contributed by atoms with Crippen LogP contribution < -0.4 is 5.32 Å². The lowest BCUT2D eigenvalue weighted by Gasteiger charge is -2.32. The second-order valence-corrected chi connectivity index (χ2v) is 7.56. The number of halogens is 1. The fourth-order valence-corrected chi connectivity index (χ4v) is 3.56. The first kappa shape index (κ1) is 18.1. The highest BCUT2D eigenvalue weighted by Gasteiger charge is 2.25. The van der Waals surface area contributed by atoms with Crippen LogP contribution in [0.1, 0.15) is 24.8 Å². The highest BCUT2D eigenvalue weighted by Crippen LogP contribution is 2.19. The van der Waals surface area contributed by atoms with Crippen LogP contribution in [0.2, 0.25) is 0 Å². The molecule has 1 N–H and O–H groups in total. The summed E-state index contributed by atoms with van der Waals surface area (Å²) < 4.78 is 3.13. The van der Waals surface area contributed by atoms with Gasteiger partial charge in [0.15, 0.2) is 0 Å². The number of aryl methyl sites for hydroxylation is 1. The minimum absolute atomic E-state index is 0.109. The van der Waals surface area contributed by atoms with Gasteiger partial charge < -0.3 is 9.88 Å². The third-order valence-electron chi connectivity index (χ3n) is 4.65. The number of nitrogens with zero attached hydrogens (tertiary/aromatic N) is 3. The van der Waals surface area contributed by atoms with E-state index in [1.54, 1.807) is 6.20 Å². The predicted octanol–water partition coefficient (Wildman–Crippen LogP) is 3.06. The molecule has 1 aromatic heterocycles. The highest BCUT2D eigenvalue weighted by atomic mass is 79.9. The molecule has 1 fully saturated rings. The molecule has 1 unspecified atom stereocenters. The van der Waals surface area contributed by atoms with Crippen LogP contribution in [0.15, 0.2) is 47.5 Å². The number of hydrogen-bond acceptors (Lipinski definition) is 3. The Hall–Kier alpha value is -1.66. The molecule has 0 radical (unpaired) electrons. The van der Waals surface area contributed by atoms with Crippen LogP contribution in [0.3, 0.4) is 0 Å². The second kappa shape index (κ2) is 9.15. The van der Waals surface area contributed by atoms with E-state index in [0.29, 0.717) is 0 Å². The van der Waals surface area contributed by atoms with Gasteiger partial charge in [-0.2, -0.15) is 0 Å². The van der Waals surface area contributed by atoms with E-state index in [1.807, 2.05) is 17.1 Å². The fourth-order valence-electron chi connectivity index (χ4n) is 3.30. The Balaban J connectivity index is 1.40. The SMILES string of the molecule is O=C(NCCCn1ccnc1)C1CCCN(Cc2ccc(Br)cc2)C1. The Morgan fingerprint density at radius 3 is 2.92 bits per heavy atom. The van der Waals surface area contributed by atoms with Gasteiger partial charge in [-0.1, -0.05) is 28.1 Å². The molecule has 3 rings (SSSR count). The van der Waals surface area contributed by atoms with Crippen LogP contribution in [-0.2, 0) is 17.9 Å². The summed E-state index contributed by atoms with van der Waals surface area (Å²) in [6.45, 7) is 4.45. The number of carbonyl (C=O) groups excluding carboxylic acids is 1. The van der Waals surface area contributed by atoms with Crippen LogP contribution in [0.4, 0.5) is 0 Å². The molecule has 1 atom stereocenters. The number of hydrogen-bond donors (Lipinski definition) is 1. The quantitative estimate of drug-likeness (QED) is 0.721. The minimum Gasteiger partial charge on any atom is -0.356 e. The van der Waals surface area contributed by atoms with Crippen LogP contribution in [0, 0.1) is 5.92 Å². The van der Waals surface area contributed by atoms with Crippen molar-refractivity contribution in [1.29, 1.82) is 0 Å². The van der Waals surface area contributed by atoms with Gasteiger partial charge >= 0.3 is 0 Å². The van der Waals surface area contributed by atoms with Crippen LogP contribution in [0.5, 0.6) is 0 Å². The monoisotopic (exact) mass is 404 g/mol. The molecular weight excluding hydrogens is 380 g/mol. The van der Waals surface area contributed by atoms with Crippen molar-refractivity contribution in [1.82, 2.24) is 19.8 Å². The van der Waals surface area contributed by atoms with Crippen LogP contribution >= 0.6 is 15.9 Å². The maximum absolute atomic E-state index is 12.4. The number of nitrogens with one attached hydrogen (secondary N) is 1. The van der Waals surface area contributed by atoms with Gasteiger partial charge in [0.25, 0.3) is 0 Å². The molecule has 0 bridgehead atoms. The Kier molecular flexibility index (Phi) is 6.64. The van der Waals surface area contributed by atoms with Gasteiger partial charge in [-0.05, 0) is 43.5 Å². The summed E-state index contributed by atoms with van der Waals surface area (Å²) >= 11 is 3.47. The van der Waals surface area contributed by atoms with Crippen molar-refractivity contribution in [2.75, 3.05) is 19.6 Å². The molecule has 1 amide bonds. The first-order chi connectivity index (χ1) is 12.2. The summed E-state index contributed by atoms with van der Waals surface area (Å²) in [6, 6.07) is 8.43. The standard InChI is InChI=1S/C19H25BrN4O/c20-18-6-4-16(5-7-18)13-24-10-1-3-17(14-24)19(25)22-8-2-11-23-12-9-21-15-23/h4-7,9,12,15,17H,1-3,8,10-11,13-14H2,(H,22,25). The molecule has 1 aliphatic rings. The Morgan fingerprint density at radius 2 is 2.16 bits per heavy atom. The number of carbonyl (C=O) groups is 1. The second-order valence-electron chi connectivity index (χ2n) is 6.65. The Morgan fingerprint density at radius 1 is 1.32 bits per heavy atom. The molecule has 134 valence electrons. The average molecular weight is 405 g/mol. The van der Waals surface area contributed by atoms with Crippen molar-refractivity contribution in [2.24, 2.45) is 5.92 Å². The van der Waals surface area contributed by atoms with Crippen molar-refractivity contribution in [3.63, 3.8) is 0 Å². The normalized spacial score (nSPS) is 18.2. The maximum atomic E-state index is 12.4. The number of piperidine rings is 1. The number of rotatable bonds is 7. The topological polar surface area (TPSA) is 50.2 Å². The molecule has 2 aromatic rings.